The van der Waals surface area contributed by atoms with Crippen LogP contribution in [0.4, 0.5) is 10.5 Å². The van der Waals surface area contributed by atoms with Crippen molar-refractivity contribution in [1.29, 1.82) is 0 Å². The number of carbonyl (C=O) groups excluding carboxylic acids is 1. The summed E-state index contributed by atoms with van der Waals surface area (Å²) in [5, 5.41) is 16.0. The van der Waals surface area contributed by atoms with Gasteiger partial charge in [0, 0.05) is 5.69 Å². The van der Waals surface area contributed by atoms with Gasteiger partial charge in [-0.15, -0.1) is 0 Å². The van der Waals surface area contributed by atoms with E-state index in [0.717, 1.165) is 10.8 Å². The van der Waals surface area contributed by atoms with Crippen molar-refractivity contribution in [2.24, 2.45) is 0 Å². The third-order valence-electron chi connectivity index (χ3n) is 3.02. The molecule has 0 aliphatic rings. The first-order valence-corrected chi connectivity index (χ1v) is 6.39. The number of nitrogens with one attached hydrogen (secondary N) is 2. The Morgan fingerprint density at radius 1 is 1.15 bits per heavy atom. The molecule has 0 bridgehead atoms. The monoisotopic (exact) mass is 272 g/mol. The fourth-order valence-electron chi connectivity index (χ4n) is 1.93. The molecule has 0 aliphatic carbocycles. The highest BCUT2D eigenvalue weighted by Gasteiger charge is 2.17. The Morgan fingerprint density at radius 2 is 1.85 bits per heavy atom. The van der Waals surface area contributed by atoms with Crippen LogP contribution in [0.5, 0.6) is 0 Å². The third kappa shape index (κ3) is 3.26. The lowest BCUT2D eigenvalue weighted by atomic mass is 10.1. The quantitative estimate of drug-likeness (QED) is 0.800. The minimum absolute atomic E-state index is 0.334. The van der Waals surface area contributed by atoms with Crippen molar-refractivity contribution in [2.75, 3.05) is 5.32 Å². The first-order chi connectivity index (χ1) is 9.60. The Kier molecular flexibility index (Phi) is 4.20. The van der Waals surface area contributed by atoms with Gasteiger partial charge >= 0.3 is 12.0 Å². The molecule has 0 saturated heterocycles. The van der Waals surface area contributed by atoms with Gasteiger partial charge in [0.25, 0.3) is 0 Å². The number of rotatable bonds is 4. The van der Waals surface area contributed by atoms with Gasteiger partial charge in [-0.25, -0.2) is 9.59 Å². The summed E-state index contributed by atoms with van der Waals surface area (Å²) >= 11 is 0. The van der Waals surface area contributed by atoms with Crippen molar-refractivity contribution in [3.05, 3.63) is 42.5 Å². The number of urea groups is 1. The lowest BCUT2D eigenvalue weighted by Crippen LogP contribution is -2.42. The van der Waals surface area contributed by atoms with Crippen molar-refractivity contribution in [3.63, 3.8) is 0 Å². The number of fused-ring (bicyclic) bond motifs is 1. The van der Waals surface area contributed by atoms with Crippen molar-refractivity contribution in [3.8, 4) is 0 Å². The Bertz CT molecular complexity index is 640. The largest absolute Gasteiger partial charge is 0.480 e. The van der Waals surface area contributed by atoms with Gasteiger partial charge in [-0.3, -0.25) is 0 Å². The fourth-order valence-corrected chi connectivity index (χ4v) is 1.93. The summed E-state index contributed by atoms with van der Waals surface area (Å²) in [4.78, 5) is 22.6. The number of aliphatic carboxylic acids is 1. The fraction of sp³-hybridized carbons (Fsp3) is 0.200. The van der Waals surface area contributed by atoms with Gasteiger partial charge in [0.05, 0.1) is 0 Å². The molecule has 0 spiro atoms. The van der Waals surface area contributed by atoms with E-state index in [2.05, 4.69) is 10.6 Å². The van der Waals surface area contributed by atoms with Crippen molar-refractivity contribution >= 4 is 28.5 Å². The van der Waals surface area contributed by atoms with Crippen LogP contribution in [0.25, 0.3) is 10.8 Å². The van der Waals surface area contributed by atoms with Crippen molar-refractivity contribution in [1.82, 2.24) is 5.32 Å². The maximum absolute atomic E-state index is 11.7. The molecule has 0 heterocycles. The van der Waals surface area contributed by atoms with Crippen LogP contribution in [0.1, 0.15) is 13.3 Å². The van der Waals surface area contributed by atoms with Gasteiger partial charge in [0.1, 0.15) is 6.04 Å². The molecule has 5 nitrogen and oxygen atoms in total. The Hall–Kier alpha value is -2.56. The highest BCUT2D eigenvalue weighted by molar-refractivity contribution is 5.95. The molecule has 0 aliphatic heterocycles. The van der Waals surface area contributed by atoms with E-state index < -0.39 is 18.0 Å². The normalized spacial score (nSPS) is 11.8. The van der Waals surface area contributed by atoms with Crippen LogP contribution >= 0.6 is 0 Å². The summed E-state index contributed by atoms with van der Waals surface area (Å²) in [5.41, 5.74) is 0.626. The maximum atomic E-state index is 11.7. The number of carboxylic acids is 1. The molecule has 0 aromatic heterocycles. The van der Waals surface area contributed by atoms with Crippen molar-refractivity contribution < 1.29 is 14.7 Å². The Balaban J connectivity index is 2.07. The zero-order valence-electron chi connectivity index (χ0n) is 11.1. The highest BCUT2D eigenvalue weighted by Crippen LogP contribution is 2.18. The van der Waals surface area contributed by atoms with Gasteiger partial charge in [-0.1, -0.05) is 37.3 Å². The molecule has 2 rings (SSSR count). The number of carboxylic acid groups (broad SMARTS) is 1. The molecule has 1 atom stereocenters. The minimum atomic E-state index is -1.04. The lowest BCUT2D eigenvalue weighted by Gasteiger charge is -2.13. The van der Waals surface area contributed by atoms with Gasteiger partial charge in [-0.05, 0) is 29.3 Å². The summed E-state index contributed by atoms with van der Waals surface area (Å²) in [6.45, 7) is 1.70. The van der Waals surface area contributed by atoms with E-state index in [1.165, 1.54) is 0 Å². The second kappa shape index (κ2) is 6.06. The molecular weight excluding hydrogens is 256 g/mol. The number of benzene rings is 2. The molecule has 1 unspecified atom stereocenters. The lowest BCUT2D eigenvalue weighted by molar-refractivity contribution is -0.139. The van der Waals surface area contributed by atoms with Crippen molar-refractivity contribution in [2.45, 2.75) is 19.4 Å². The number of anilines is 1. The number of amides is 2. The topological polar surface area (TPSA) is 78.4 Å². The summed E-state index contributed by atoms with van der Waals surface area (Å²) in [5.74, 6) is -1.04. The van der Waals surface area contributed by atoms with Crippen LogP contribution < -0.4 is 10.6 Å². The second-order valence-corrected chi connectivity index (χ2v) is 4.46. The van der Waals surface area contributed by atoms with Crippen LogP contribution in [-0.2, 0) is 4.79 Å². The second-order valence-electron chi connectivity index (χ2n) is 4.46. The average molecular weight is 272 g/mol. The van der Waals surface area contributed by atoms with E-state index in [0.29, 0.717) is 12.1 Å². The van der Waals surface area contributed by atoms with Crippen LogP contribution in [-0.4, -0.2) is 23.1 Å². The Labute approximate surface area is 116 Å². The molecule has 2 aromatic rings. The molecule has 3 N–H and O–H groups in total. The van der Waals surface area contributed by atoms with Crippen LogP contribution in [0.15, 0.2) is 42.5 Å². The molecule has 2 aromatic carbocycles. The molecule has 0 saturated carbocycles. The zero-order valence-corrected chi connectivity index (χ0v) is 11.1. The standard InChI is InChI=1S/C15H16N2O3/c1-2-13(14(18)19)17-15(20)16-12-8-7-10-5-3-4-6-11(10)9-12/h3-9,13H,2H2,1H3,(H,18,19)(H2,16,17,20). The molecule has 104 valence electrons. The molecule has 20 heavy (non-hydrogen) atoms. The summed E-state index contributed by atoms with van der Waals surface area (Å²) in [6.07, 6.45) is 0.334. The van der Waals surface area contributed by atoms with E-state index >= 15 is 0 Å². The average Bonchev–Trinajstić information content (AvgIpc) is 2.44. The first kappa shape index (κ1) is 13.9. The van der Waals surface area contributed by atoms with Gasteiger partial charge in [0.2, 0.25) is 0 Å². The summed E-state index contributed by atoms with van der Waals surface area (Å²) in [6, 6.07) is 11.9. The minimum Gasteiger partial charge on any atom is -0.480 e. The summed E-state index contributed by atoms with van der Waals surface area (Å²) < 4.78 is 0. The molecular formula is C15H16N2O3. The zero-order chi connectivity index (χ0) is 14.5. The predicted octanol–water partition coefficient (Wildman–Crippen LogP) is 2.82. The highest BCUT2D eigenvalue weighted by atomic mass is 16.4. The van der Waals surface area contributed by atoms with Crippen LogP contribution in [0.2, 0.25) is 0 Å². The molecule has 0 radical (unpaired) electrons. The van der Waals surface area contributed by atoms with E-state index in [4.69, 9.17) is 5.11 Å². The maximum Gasteiger partial charge on any atom is 0.326 e. The van der Waals surface area contributed by atoms with E-state index in [1.54, 1.807) is 13.0 Å². The third-order valence-corrected chi connectivity index (χ3v) is 3.02. The predicted molar refractivity (Wildman–Crippen MR) is 77.8 cm³/mol. The Morgan fingerprint density at radius 3 is 2.50 bits per heavy atom. The van der Waals surface area contributed by atoms with Gasteiger partial charge in [-0.2, -0.15) is 0 Å². The van der Waals surface area contributed by atoms with Crippen LogP contribution in [0, 0.1) is 0 Å². The smallest absolute Gasteiger partial charge is 0.326 e. The number of hydrogen-bond acceptors (Lipinski definition) is 2. The molecule has 5 heteroatoms. The summed E-state index contributed by atoms with van der Waals surface area (Å²) in [7, 11) is 0. The molecule has 0 fully saturated rings. The number of carbonyl (C=O) groups is 2. The SMILES string of the molecule is CCC(NC(=O)Nc1ccc2ccccc2c1)C(=O)O. The van der Waals surface area contributed by atoms with E-state index in [9.17, 15) is 9.59 Å². The van der Waals surface area contributed by atoms with E-state index in [1.807, 2.05) is 36.4 Å². The van der Waals surface area contributed by atoms with E-state index in [-0.39, 0.29) is 0 Å². The molecule has 2 amide bonds. The van der Waals surface area contributed by atoms with Crippen LogP contribution in [0.3, 0.4) is 0 Å². The van der Waals surface area contributed by atoms with Gasteiger partial charge in [0.15, 0.2) is 0 Å². The van der Waals surface area contributed by atoms with Gasteiger partial charge < -0.3 is 15.7 Å². The number of hydrogen-bond donors (Lipinski definition) is 3. The first-order valence-electron chi connectivity index (χ1n) is 6.39.